The van der Waals surface area contributed by atoms with Crippen molar-refractivity contribution in [2.45, 2.75) is 24.9 Å². The lowest BCUT2D eigenvalue weighted by Gasteiger charge is -2.10. The highest BCUT2D eigenvalue weighted by Crippen LogP contribution is 2.19. The maximum atomic E-state index is 11.6. The Labute approximate surface area is 98.6 Å². The van der Waals surface area contributed by atoms with Gasteiger partial charge in [0.1, 0.15) is 12.7 Å². The molecule has 0 radical (unpaired) electrons. The standard InChI is InChI=1S/C12H14O5/c13-10-6-9(17-12(10)15)7-16-11(14)8-4-2-1-3-5-8/h1-5,9-10,12-13,15H,6-7H2/t9-,10?,12+/m0/s1. The smallest absolute Gasteiger partial charge is 0.338 e. The van der Waals surface area contributed by atoms with E-state index in [4.69, 9.17) is 14.6 Å². The first-order valence-electron chi connectivity index (χ1n) is 5.40. The number of ether oxygens (including phenoxy) is 2. The van der Waals surface area contributed by atoms with Crippen molar-refractivity contribution in [3.8, 4) is 0 Å². The van der Waals surface area contributed by atoms with Gasteiger partial charge in [-0.3, -0.25) is 0 Å². The predicted molar refractivity (Wildman–Crippen MR) is 58.2 cm³/mol. The van der Waals surface area contributed by atoms with Crippen LogP contribution >= 0.6 is 0 Å². The molecule has 0 spiro atoms. The lowest BCUT2D eigenvalue weighted by Crippen LogP contribution is -2.20. The lowest BCUT2D eigenvalue weighted by molar-refractivity contribution is -0.133. The summed E-state index contributed by atoms with van der Waals surface area (Å²) < 4.78 is 10.0. The number of carbonyl (C=O) groups is 1. The van der Waals surface area contributed by atoms with E-state index < -0.39 is 24.5 Å². The van der Waals surface area contributed by atoms with Gasteiger partial charge in [0.15, 0.2) is 6.29 Å². The van der Waals surface area contributed by atoms with Crippen LogP contribution in [0.25, 0.3) is 0 Å². The fourth-order valence-corrected chi connectivity index (χ4v) is 1.66. The molecule has 2 rings (SSSR count). The van der Waals surface area contributed by atoms with Gasteiger partial charge in [-0.05, 0) is 12.1 Å². The summed E-state index contributed by atoms with van der Waals surface area (Å²) in [5.41, 5.74) is 0.464. The minimum atomic E-state index is -1.18. The van der Waals surface area contributed by atoms with Crippen LogP contribution in [0.1, 0.15) is 16.8 Å². The zero-order valence-corrected chi connectivity index (χ0v) is 9.15. The maximum Gasteiger partial charge on any atom is 0.338 e. The normalized spacial score (nSPS) is 28.0. The molecule has 1 aromatic carbocycles. The van der Waals surface area contributed by atoms with E-state index in [0.717, 1.165) is 0 Å². The van der Waals surface area contributed by atoms with Crippen LogP contribution in [0, 0.1) is 0 Å². The summed E-state index contributed by atoms with van der Waals surface area (Å²) in [6.45, 7) is 0.0296. The summed E-state index contributed by atoms with van der Waals surface area (Å²) in [5.74, 6) is -0.440. The molecule has 1 unspecified atom stereocenters. The van der Waals surface area contributed by atoms with Gasteiger partial charge in [-0.25, -0.2) is 4.79 Å². The third kappa shape index (κ3) is 3.03. The highest BCUT2D eigenvalue weighted by molar-refractivity contribution is 5.89. The molecule has 5 heteroatoms. The van der Waals surface area contributed by atoms with Gasteiger partial charge in [0.05, 0.1) is 11.7 Å². The summed E-state index contributed by atoms with van der Waals surface area (Å²) in [5, 5.41) is 18.4. The zero-order valence-electron chi connectivity index (χ0n) is 9.15. The molecule has 0 aromatic heterocycles. The van der Waals surface area contributed by atoms with Gasteiger partial charge in [0.25, 0.3) is 0 Å². The first-order valence-corrected chi connectivity index (χ1v) is 5.40. The third-order valence-corrected chi connectivity index (χ3v) is 2.58. The van der Waals surface area contributed by atoms with Gasteiger partial charge in [0, 0.05) is 6.42 Å². The molecule has 1 aliphatic rings. The van der Waals surface area contributed by atoms with Gasteiger partial charge >= 0.3 is 5.97 Å². The first-order chi connectivity index (χ1) is 8.16. The molecule has 0 saturated carbocycles. The molecule has 1 aliphatic heterocycles. The van der Waals surface area contributed by atoms with E-state index in [1.165, 1.54) is 0 Å². The maximum absolute atomic E-state index is 11.6. The summed E-state index contributed by atoms with van der Waals surface area (Å²) in [4.78, 5) is 11.6. The van der Waals surface area contributed by atoms with Crippen LogP contribution in [0.5, 0.6) is 0 Å². The number of hydrogen-bond acceptors (Lipinski definition) is 5. The van der Waals surface area contributed by atoms with Crippen LogP contribution in [-0.2, 0) is 9.47 Å². The Hall–Kier alpha value is -1.43. The molecule has 1 saturated heterocycles. The molecule has 5 nitrogen and oxygen atoms in total. The van der Waals surface area contributed by atoms with Crippen LogP contribution in [0.3, 0.4) is 0 Å². The number of benzene rings is 1. The number of carbonyl (C=O) groups excluding carboxylic acids is 1. The summed E-state index contributed by atoms with van der Waals surface area (Å²) >= 11 is 0. The summed E-state index contributed by atoms with van der Waals surface area (Å²) in [6, 6.07) is 8.61. The largest absolute Gasteiger partial charge is 0.459 e. The number of hydrogen-bond donors (Lipinski definition) is 2. The van der Waals surface area contributed by atoms with Crippen molar-refractivity contribution in [3.63, 3.8) is 0 Å². The Morgan fingerprint density at radius 3 is 2.65 bits per heavy atom. The second-order valence-corrected chi connectivity index (χ2v) is 3.92. The number of esters is 1. The van der Waals surface area contributed by atoms with Crippen molar-refractivity contribution >= 4 is 5.97 Å². The summed E-state index contributed by atoms with van der Waals surface area (Å²) in [7, 11) is 0. The Morgan fingerprint density at radius 1 is 1.35 bits per heavy atom. The van der Waals surface area contributed by atoms with Crippen LogP contribution in [0.2, 0.25) is 0 Å². The molecule has 2 N–H and O–H groups in total. The molecular formula is C12H14O5. The van der Waals surface area contributed by atoms with E-state index in [0.29, 0.717) is 5.56 Å². The van der Waals surface area contributed by atoms with Crippen molar-refractivity contribution in [2.24, 2.45) is 0 Å². The number of rotatable bonds is 3. The van der Waals surface area contributed by atoms with Crippen LogP contribution in [0.4, 0.5) is 0 Å². The zero-order chi connectivity index (χ0) is 12.3. The SMILES string of the molecule is O=C(OC[C@@H]1CC(O)[C@H](O)O1)c1ccccc1. The van der Waals surface area contributed by atoms with Gasteiger partial charge < -0.3 is 19.7 Å². The molecule has 0 aliphatic carbocycles. The fourth-order valence-electron chi connectivity index (χ4n) is 1.66. The average molecular weight is 238 g/mol. The molecule has 0 amide bonds. The molecule has 92 valence electrons. The van der Waals surface area contributed by atoms with Crippen LogP contribution < -0.4 is 0 Å². The monoisotopic (exact) mass is 238 g/mol. The van der Waals surface area contributed by atoms with E-state index in [9.17, 15) is 9.90 Å². The van der Waals surface area contributed by atoms with E-state index in [1.807, 2.05) is 6.07 Å². The molecule has 17 heavy (non-hydrogen) atoms. The van der Waals surface area contributed by atoms with E-state index in [1.54, 1.807) is 24.3 Å². The molecule has 1 heterocycles. The van der Waals surface area contributed by atoms with E-state index in [-0.39, 0.29) is 13.0 Å². The molecule has 1 aromatic rings. The van der Waals surface area contributed by atoms with Crippen LogP contribution in [-0.4, -0.2) is 41.3 Å². The Balaban J connectivity index is 1.81. The second-order valence-electron chi connectivity index (χ2n) is 3.92. The Morgan fingerprint density at radius 2 is 2.06 bits per heavy atom. The molecule has 1 fully saturated rings. The van der Waals surface area contributed by atoms with Crippen molar-refractivity contribution in [1.29, 1.82) is 0 Å². The molecule has 0 bridgehead atoms. The number of aliphatic hydroxyl groups excluding tert-OH is 2. The van der Waals surface area contributed by atoms with Gasteiger partial charge in [-0.15, -0.1) is 0 Å². The fraction of sp³-hybridized carbons (Fsp3) is 0.417. The molecule has 3 atom stereocenters. The third-order valence-electron chi connectivity index (χ3n) is 2.58. The topological polar surface area (TPSA) is 76.0 Å². The van der Waals surface area contributed by atoms with Gasteiger partial charge in [0.2, 0.25) is 0 Å². The average Bonchev–Trinajstić information content (AvgIpc) is 2.67. The quantitative estimate of drug-likeness (QED) is 0.741. The van der Waals surface area contributed by atoms with Crippen molar-refractivity contribution in [2.75, 3.05) is 6.61 Å². The van der Waals surface area contributed by atoms with Crippen molar-refractivity contribution < 1.29 is 24.5 Å². The lowest BCUT2D eigenvalue weighted by atomic mass is 10.2. The van der Waals surface area contributed by atoms with E-state index in [2.05, 4.69) is 0 Å². The Kier molecular flexibility index (Phi) is 3.73. The molecular weight excluding hydrogens is 224 g/mol. The minimum absolute atomic E-state index is 0.0296. The second kappa shape index (κ2) is 5.27. The van der Waals surface area contributed by atoms with Crippen molar-refractivity contribution in [3.05, 3.63) is 35.9 Å². The summed E-state index contributed by atoms with van der Waals surface area (Å²) in [6.07, 6.45) is -2.28. The van der Waals surface area contributed by atoms with Crippen molar-refractivity contribution in [1.82, 2.24) is 0 Å². The minimum Gasteiger partial charge on any atom is -0.459 e. The Bertz CT molecular complexity index is 368. The van der Waals surface area contributed by atoms with Crippen LogP contribution in [0.15, 0.2) is 30.3 Å². The number of aliphatic hydroxyl groups is 2. The first kappa shape index (κ1) is 12.0. The van der Waals surface area contributed by atoms with Gasteiger partial charge in [-0.2, -0.15) is 0 Å². The predicted octanol–water partition coefficient (Wildman–Crippen LogP) is 0.312. The highest BCUT2D eigenvalue weighted by atomic mass is 16.6. The van der Waals surface area contributed by atoms with E-state index >= 15 is 0 Å². The van der Waals surface area contributed by atoms with Gasteiger partial charge in [-0.1, -0.05) is 18.2 Å². The highest BCUT2D eigenvalue weighted by Gasteiger charge is 2.33.